The van der Waals surface area contributed by atoms with Gasteiger partial charge in [0.1, 0.15) is 18.4 Å². The zero-order chi connectivity index (χ0) is 12.4. The second kappa shape index (κ2) is 4.36. The number of rotatable bonds is 3. The fraction of sp³-hybridized carbons (Fsp3) is 0.182. The van der Waals surface area contributed by atoms with E-state index in [1.54, 1.807) is 19.4 Å². The lowest BCUT2D eigenvalue weighted by Crippen LogP contribution is -1.93. The van der Waals surface area contributed by atoms with Crippen LogP contribution in [0.1, 0.15) is 5.56 Å². The summed E-state index contributed by atoms with van der Waals surface area (Å²) in [5, 5.41) is 11.5. The first-order valence-corrected chi connectivity index (χ1v) is 5.23. The largest absolute Gasteiger partial charge is 0.496 e. The highest BCUT2D eigenvalue weighted by Crippen LogP contribution is 2.37. The average molecular weight is 246 g/mol. The van der Waals surface area contributed by atoms with E-state index in [1.165, 1.54) is 17.3 Å². The summed E-state index contributed by atoms with van der Waals surface area (Å²) in [5.74, 6) is 2.02. The van der Waals surface area contributed by atoms with Crippen molar-refractivity contribution >= 4 is 6.21 Å². The van der Waals surface area contributed by atoms with E-state index in [-0.39, 0.29) is 6.79 Å². The van der Waals surface area contributed by atoms with Crippen LogP contribution in [0.4, 0.5) is 0 Å². The Balaban J connectivity index is 1.95. The molecule has 0 radical (unpaired) electrons. The molecule has 1 aromatic carbocycles. The minimum Gasteiger partial charge on any atom is -0.496 e. The van der Waals surface area contributed by atoms with Crippen molar-refractivity contribution < 1.29 is 14.2 Å². The molecule has 0 amide bonds. The van der Waals surface area contributed by atoms with Gasteiger partial charge < -0.3 is 14.2 Å². The van der Waals surface area contributed by atoms with Crippen LogP contribution in [-0.4, -0.2) is 35.0 Å². The van der Waals surface area contributed by atoms with Crippen LogP contribution in [0.3, 0.4) is 0 Å². The van der Waals surface area contributed by atoms with Crippen LogP contribution in [0.15, 0.2) is 29.9 Å². The van der Waals surface area contributed by atoms with Crippen molar-refractivity contribution in [2.45, 2.75) is 0 Å². The molecular formula is C11H10N4O3. The zero-order valence-electron chi connectivity index (χ0n) is 9.61. The summed E-state index contributed by atoms with van der Waals surface area (Å²) < 4.78 is 17.3. The van der Waals surface area contributed by atoms with Gasteiger partial charge in [0.2, 0.25) is 6.79 Å². The van der Waals surface area contributed by atoms with Gasteiger partial charge in [-0.1, -0.05) is 0 Å². The number of methoxy groups -OCH3 is 1. The van der Waals surface area contributed by atoms with Gasteiger partial charge in [-0.2, -0.15) is 5.10 Å². The van der Waals surface area contributed by atoms with Crippen molar-refractivity contribution in [1.82, 2.24) is 14.9 Å². The molecule has 0 spiro atoms. The first-order valence-electron chi connectivity index (χ1n) is 5.23. The summed E-state index contributed by atoms with van der Waals surface area (Å²) in [7, 11) is 1.59. The van der Waals surface area contributed by atoms with Gasteiger partial charge in [0.05, 0.1) is 13.3 Å². The summed E-state index contributed by atoms with van der Waals surface area (Å²) in [5.41, 5.74) is 0.787. The molecule has 0 saturated heterocycles. The highest BCUT2D eigenvalue weighted by molar-refractivity contribution is 5.85. The molecule has 7 heteroatoms. The maximum Gasteiger partial charge on any atom is 0.231 e. The maximum absolute atomic E-state index is 5.30. The van der Waals surface area contributed by atoms with E-state index in [1.807, 2.05) is 6.07 Å². The normalized spacial score (nSPS) is 13.2. The third-order valence-electron chi connectivity index (χ3n) is 2.46. The molecule has 1 aliphatic rings. The summed E-state index contributed by atoms with van der Waals surface area (Å²) in [4.78, 5) is 0. The van der Waals surface area contributed by atoms with Crippen molar-refractivity contribution in [1.29, 1.82) is 0 Å². The molecular weight excluding hydrogens is 236 g/mol. The van der Waals surface area contributed by atoms with Crippen LogP contribution in [0, 0.1) is 0 Å². The first-order chi connectivity index (χ1) is 8.86. The van der Waals surface area contributed by atoms with Crippen molar-refractivity contribution in [3.8, 4) is 17.2 Å². The number of nitrogens with zero attached hydrogens (tertiary/aromatic N) is 4. The maximum atomic E-state index is 5.30. The molecule has 1 aliphatic heterocycles. The molecule has 92 valence electrons. The van der Waals surface area contributed by atoms with Crippen LogP contribution >= 0.6 is 0 Å². The van der Waals surface area contributed by atoms with Crippen LogP contribution in [0.2, 0.25) is 0 Å². The Hall–Kier alpha value is -2.57. The predicted molar refractivity (Wildman–Crippen MR) is 62.1 cm³/mol. The molecule has 0 fully saturated rings. The summed E-state index contributed by atoms with van der Waals surface area (Å²) in [6.07, 6.45) is 4.63. The van der Waals surface area contributed by atoms with Crippen LogP contribution < -0.4 is 14.2 Å². The second-order valence-electron chi connectivity index (χ2n) is 3.53. The number of benzene rings is 1. The number of hydrogen-bond acceptors (Lipinski definition) is 6. The Labute approximate surface area is 103 Å². The lowest BCUT2D eigenvalue weighted by Gasteiger charge is -2.05. The van der Waals surface area contributed by atoms with Gasteiger partial charge in [0, 0.05) is 11.6 Å². The van der Waals surface area contributed by atoms with E-state index in [9.17, 15) is 0 Å². The molecule has 2 aromatic rings. The molecule has 7 nitrogen and oxygen atoms in total. The molecule has 0 N–H and O–H groups in total. The number of ether oxygens (including phenoxy) is 3. The topological polar surface area (TPSA) is 70.8 Å². The second-order valence-corrected chi connectivity index (χ2v) is 3.53. The van der Waals surface area contributed by atoms with Gasteiger partial charge in [-0.05, 0) is 6.07 Å². The van der Waals surface area contributed by atoms with Crippen molar-refractivity contribution in [2.75, 3.05) is 13.9 Å². The van der Waals surface area contributed by atoms with Crippen molar-refractivity contribution in [2.24, 2.45) is 5.10 Å². The van der Waals surface area contributed by atoms with Gasteiger partial charge in [-0.25, -0.2) is 4.68 Å². The Bertz CT molecular complexity index is 580. The monoisotopic (exact) mass is 246 g/mol. The van der Waals surface area contributed by atoms with Crippen LogP contribution in [0.5, 0.6) is 17.2 Å². The number of hydrogen-bond donors (Lipinski definition) is 0. The van der Waals surface area contributed by atoms with Crippen LogP contribution in [0.25, 0.3) is 0 Å². The highest BCUT2D eigenvalue weighted by atomic mass is 16.7. The molecule has 18 heavy (non-hydrogen) atoms. The van der Waals surface area contributed by atoms with E-state index in [4.69, 9.17) is 14.2 Å². The van der Waals surface area contributed by atoms with Crippen molar-refractivity contribution in [3.63, 3.8) is 0 Å². The minimum absolute atomic E-state index is 0.227. The van der Waals surface area contributed by atoms with E-state index in [0.717, 1.165) is 5.56 Å². The molecule has 2 heterocycles. The first kappa shape index (κ1) is 10.6. The fourth-order valence-electron chi connectivity index (χ4n) is 1.60. The average Bonchev–Trinajstić information content (AvgIpc) is 3.05. The van der Waals surface area contributed by atoms with Crippen LogP contribution in [-0.2, 0) is 0 Å². The summed E-state index contributed by atoms with van der Waals surface area (Å²) in [6, 6.07) is 3.59. The van der Waals surface area contributed by atoms with Gasteiger partial charge in [0.15, 0.2) is 11.5 Å². The Morgan fingerprint density at radius 1 is 1.28 bits per heavy atom. The standard InChI is InChI=1S/C11H10N4O3/c1-16-9-3-11-10(17-7-18-11)2-8(9)4-14-15-5-12-13-6-15/h2-6H,7H2,1H3/b14-4+. The summed E-state index contributed by atoms with van der Waals surface area (Å²) >= 11 is 0. The van der Waals surface area contributed by atoms with Crippen molar-refractivity contribution in [3.05, 3.63) is 30.4 Å². The molecule has 0 aliphatic carbocycles. The fourth-order valence-corrected chi connectivity index (χ4v) is 1.60. The molecule has 1 aromatic heterocycles. The third kappa shape index (κ3) is 1.86. The zero-order valence-corrected chi connectivity index (χ0v) is 9.61. The van der Waals surface area contributed by atoms with Gasteiger partial charge in [-0.15, -0.1) is 10.2 Å². The van der Waals surface area contributed by atoms with E-state index < -0.39 is 0 Å². The molecule has 0 saturated carbocycles. The SMILES string of the molecule is COc1cc2c(cc1/C=N/n1cnnc1)OCO2. The molecule has 0 unspecified atom stereocenters. The minimum atomic E-state index is 0.227. The Kier molecular flexibility index (Phi) is 2.56. The number of aromatic nitrogens is 3. The van der Waals surface area contributed by atoms with E-state index in [0.29, 0.717) is 17.2 Å². The predicted octanol–water partition coefficient (Wildman–Crippen LogP) is 0.898. The number of fused-ring (bicyclic) bond motifs is 1. The smallest absolute Gasteiger partial charge is 0.231 e. The Morgan fingerprint density at radius 3 is 2.72 bits per heavy atom. The molecule has 0 atom stereocenters. The third-order valence-corrected chi connectivity index (χ3v) is 2.46. The lowest BCUT2D eigenvalue weighted by atomic mass is 10.2. The molecule has 0 bridgehead atoms. The summed E-state index contributed by atoms with van der Waals surface area (Å²) in [6.45, 7) is 0.227. The van der Waals surface area contributed by atoms with E-state index >= 15 is 0 Å². The lowest BCUT2D eigenvalue weighted by molar-refractivity contribution is 0.174. The van der Waals surface area contributed by atoms with Gasteiger partial charge >= 0.3 is 0 Å². The van der Waals surface area contributed by atoms with Gasteiger partial charge in [0.25, 0.3) is 0 Å². The quantitative estimate of drug-likeness (QED) is 0.752. The Morgan fingerprint density at radius 2 is 2.00 bits per heavy atom. The van der Waals surface area contributed by atoms with E-state index in [2.05, 4.69) is 15.3 Å². The van der Waals surface area contributed by atoms with Gasteiger partial charge in [-0.3, -0.25) is 0 Å². The molecule has 3 rings (SSSR count). The highest BCUT2D eigenvalue weighted by Gasteiger charge is 2.16.